The lowest BCUT2D eigenvalue weighted by molar-refractivity contribution is -0.123. The minimum absolute atomic E-state index is 0.0689. The highest BCUT2D eigenvalue weighted by molar-refractivity contribution is 8.00. The van der Waals surface area contributed by atoms with Gasteiger partial charge in [-0.25, -0.2) is 9.07 Å². The van der Waals surface area contributed by atoms with E-state index >= 15 is 4.39 Å². The minimum Gasteiger partial charge on any atom is -0.497 e. The van der Waals surface area contributed by atoms with Gasteiger partial charge in [-0.15, -0.1) is 11.8 Å². The molecule has 0 fully saturated rings. The molecular formula is C30H29FN4O3S. The lowest BCUT2D eigenvalue weighted by atomic mass is 9.99. The number of hydrogen-bond donors (Lipinski definition) is 1. The third-order valence-electron chi connectivity index (χ3n) is 6.39. The second-order valence-electron chi connectivity index (χ2n) is 9.48. The molecule has 9 heteroatoms. The number of nitrogens with zero attached hydrogens (tertiary/aromatic N) is 3. The normalized spacial score (nSPS) is 15.2. The number of rotatable bonds is 7. The number of amides is 2. The Morgan fingerprint density at radius 3 is 2.44 bits per heavy atom. The standard InChI is InChI=1S/C30H29FN4O3S/c1-19(2)32-25(36)17-34-26(37)18-39-29(23-11-7-8-12-24(23)31)27-28(20-9-5-4-6-10-20)33-35(30(27)34)21-13-15-22(38-3)16-14-21/h4-16,19,29H,17-18H2,1-3H3,(H,32,36)/t29-/m1/s1. The van der Waals surface area contributed by atoms with Crippen LogP contribution in [0, 0.1) is 5.82 Å². The van der Waals surface area contributed by atoms with Gasteiger partial charge in [0.05, 0.1) is 29.5 Å². The van der Waals surface area contributed by atoms with Crippen LogP contribution < -0.4 is 15.0 Å². The summed E-state index contributed by atoms with van der Waals surface area (Å²) in [4.78, 5) is 28.1. The maximum atomic E-state index is 15.3. The smallest absolute Gasteiger partial charge is 0.240 e. The number of ether oxygens (including phenoxy) is 1. The van der Waals surface area contributed by atoms with Crippen molar-refractivity contribution >= 4 is 29.4 Å². The number of carbonyl (C=O) groups is 2. The Labute approximate surface area is 231 Å². The molecule has 0 radical (unpaired) electrons. The van der Waals surface area contributed by atoms with E-state index in [-0.39, 0.29) is 36.0 Å². The number of hydrogen-bond acceptors (Lipinski definition) is 5. The van der Waals surface area contributed by atoms with Gasteiger partial charge in [0, 0.05) is 22.7 Å². The predicted octanol–water partition coefficient (Wildman–Crippen LogP) is 5.38. The number of methoxy groups -OCH3 is 1. The molecule has 0 saturated carbocycles. The number of carbonyl (C=O) groups excluding carboxylic acids is 2. The second-order valence-corrected chi connectivity index (χ2v) is 10.6. The van der Waals surface area contributed by atoms with E-state index in [0.29, 0.717) is 34.1 Å². The van der Waals surface area contributed by atoms with Crippen molar-refractivity contribution in [3.8, 4) is 22.7 Å². The van der Waals surface area contributed by atoms with Gasteiger partial charge in [-0.1, -0.05) is 48.5 Å². The molecular weight excluding hydrogens is 515 g/mol. The molecule has 4 aromatic rings. The molecule has 0 bridgehead atoms. The van der Waals surface area contributed by atoms with Crippen LogP contribution in [0.5, 0.6) is 5.75 Å². The fourth-order valence-corrected chi connectivity index (χ4v) is 5.90. The van der Waals surface area contributed by atoms with Gasteiger partial charge < -0.3 is 10.1 Å². The number of thioether (sulfide) groups is 1. The Bertz CT molecular complexity index is 1490. The Kier molecular flexibility index (Phi) is 7.70. The average Bonchev–Trinajstić information content (AvgIpc) is 3.26. The fourth-order valence-electron chi connectivity index (χ4n) is 4.68. The summed E-state index contributed by atoms with van der Waals surface area (Å²) in [5.74, 6) is 0.274. The average molecular weight is 545 g/mol. The SMILES string of the molecule is COc1ccc(-n2nc(-c3ccccc3)c3c2N(CC(=O)NC(C)C)C(=O)CS[C@@H]3c2ccccc2F)cc1. The first kappa shape index (κ1) is 26.5. The predicted molar refractivity (Wildman–Crippen MR) is 152 cm³/mol. The van der Waals surface area contributed by atoms with Gasteiger partial charge in [-0.2, -0.15) is 5.10 Å². The molecule has 1 aromatic heterocycles. The molecule has 200 valence electrons. The summed E-state index contributed by atoms with van der Waals surface area (Å²) in [6.45, 7) is 3.55. The summed E-state index contributed by atoms with van der Waals surface area (Å²) < 4.78 is 22.3. The highest BCUT2D eigenvalue weighted by Crippen LogP contribution is 2.49. The zero-order valence-corrected chi connectivity index (χ0v) is 22.7. The second kappa shape index (κ2) is 11.3. The zero-order chi connectivity index (χ0) is 27.5. The lowest BCUT2D eigenvalue weighted by Crippen LogP contribution is -2.44. The van der Waals surface area contributed by atoms with Gasteiger partial charge in [0.25, 0.3) is 0 Å². The largest absolute Gasteiger partial charge is 0.497 e. The number of benzene rings is 3. The first-order valence-corrected chi connectivity index (χ1v) is 13.7. The monoisotopic (exact) mass is 544 g/mol. The van der Waals surface area contributed by atoms with Crippen LogP contribution in [0.4, 0.5) is 10.2 Å². The summed E-state index contributed by atoms with van der Waals surface area (Å²) in [6, 6.07) is 23.4. The van der Waals surface area contributed by atoms with E-state index in [9.17, 15) is 9.59 Å². The molecule has 3 aromatic carbocycles. The summed E-state index contributed by atoms with van der Waals surface area (Å²) in [6.07, 6.45) is 0. The quantitative estimate of drug-likeness (QED) is 0.338. The van der Waals surface area contributed by atoms with Gasteiger partial charge in [0.15, 0.2) is 0 Å². The Hall–Kier alpha value is -4.11. The molecule has 0 aliphatic carbocycles. The molecule has 1 atom stereocenters. The van der Waals surface area contributed by atoms with Crippen LogP contribution in [0.3, 0.4) is 0 Å². The fraction of sp³-hybridized carbons (Fsp3) is 0.233. The molecule has 7 nitrogen and oxygen atoms in total. The van der Waals surface area contributed by atoms with Crippen molar-refractivity contribution in [2.75, 3.05) is 24.3 Å². The van der Waals surface area contributed by atoms with Gasteiger partial charge in [0.1, 0.15) is 23.9 Å². The summed E-state index contributed by atoms with van der Waals surface area (Å²) >= 11 is 1.33. The molecule has 0 spiro atoms. The summed E-state index contributed by atoms with van der Waals surface area (Å²) in [5, 5.41) is 7.35. The zero-order valence-electron chi connectivity index (χ0n) is 21.9. The molecule has 1 N–H and O–H groups in total. The third-order valence-corrected chi connectivity index (χ3v) is 7.63. The number of anilines is 1. The first-order valence-electron chi connectivity index (χ1n) is 12.7. The Morgan fingerprint density at radius 2 is 1.77 bits per heavy atom. The molecule has 1 aliphatic heterocycles. The molecule has 1 aliphatic rings. The number of aromatic nitrogens is 2. The maximum absolute atomic E-state index is 15.3. The Balaban J connectivity index is 1.80. The third kappa shape index (κ3) is 5.40. The van der Waals surface area contributed by atoms with E-state index in [1.165, 1.54) is 22.7 Å². The molecule has 0 saturated heterocycles. The highest BCUT2D eigenvalue weighted by atomic mass is 32.2. The Morgan fingerprint density at radius 1 is 1.08 bits per heavy atom. The van der Waals surface area contributed by atoms with Crippen molar-refractivity contribution in [1.29, 1.82) is 0 Å². The van der Waals surface area contributed by atoms with Crippen molar-refractivity contribution in [3.63, 3.8) is 0 Å². The highest BCUT2D eigenvalue weighted by Gasteiger charge is 2.38. The summed E-state index contributed by atoms with van der Waals surface area (Å²) in [5.41, 5.74) is 3.25. The van der Waals surface area contributed by atoms with Crippen LogP contribution in [0.1, 0.15) is 30.2 Å². The van der Waals surface area contributed by atoms with Crippen LogP contribution in [-0.4, -0.2) is 47.0 Å². The van der Waals surface area contributed by atoms with Crippen molar-refractivity contribution in [1.82, 2.24) is 15.1 Å². The summed E-state index contributed by atoms with van der Waals surface area (Å²) in [7, 11) is 1.59. The number of halogens is 1. The van der Waals surface area contributed by atoms with Crippen molar-refractivity contribution in [3.05, 3.63) is 95.8 Å². The van der Waals surface area contributed by atoms with E-state index in [4.69, 9.17) is 9.84 Å². The minimum atomic E-state index is -0.537. The van der Waals surface area contributed by atoms with E-state index in [1.807, 2.05) is 68.4 Å². The first-order chi connectivity index (χ1) is 18.9. The van der Waals surface area contributed by atoms with Crippen LogP contribution in [0.15, 0.2) is 78.9 Å². The van der Waals surface area contributed by atoms with Gasteiger partial charge in [-0.05, 0) is 44.2 Å². The van der Waals surface area contributed by atoms with E-state index in [2.05, 4.69) is 5.32 Å². The van der Waals surface area contributed by atoms with E-state index in [0.717, 1.165) is 5.56 Å². The van der Waals surface area contributed by atoms with Crippen molar-refractivity contribution in [2.24, 2.45) is 0 Å². The molecule has 39 heavy (non-hydrogen) atoms. The lowest BCUT2D eigenvalue weighted by Gasteiger charge is -2.24. The van der Waals surface area contributed by atoms with Gasteiger partial charge in [-0.3, -0.25) is 14.5 Å². The van der Waals surface area contributed by atoms with Crippen LogP contribution in [-0.2, 0) is 9.59 Å². The topological polar surface area (TPSA) is 76.5 Å². The van der Waals surface area contributed by atoms with E-state index < -0.39 is 5.25 Å². The molecule has 0 unspecified atom stereocenters. The van der Waals surface area contributed by atoms with E-state index in [1.54, 1.807) is 30.0 Å². The van der Waals surface area contributed by atoms with Crippen LogP contribution >= 0.6 is 11.8 Å². The van der Waals surface area contributed by atoms with Crippen molar-refractivity contribution in [2.45, 2.75) is 25.1 Å². The van der Waals surface area contributed by atoms with Gasteiger partial charge in [0.2, 0.25) is 11.8 Å². The molecule has 5 rings (SSSR count). The van der Waals surface area contributed by atoms with Gasteiger partial charge >= 0.3 is 0 Å². The molecule has 2 heterocycles. The van der Waals surface area contributed by atoms with Crippen molar-refractivity contribution < 1.29 is 18.7 Å². The maximum Gasteiger partial charge on any atom is 0.240 e. The number of nitrogens with one attached hydrogen (secondary N) is 1. The number of fused-ring (bicyclic) bond motifs is 1. The van der Waals surface area contributed by atoms with Crippen LogP contribution in [0.2, 0.25) is 0 Å². The molecule has 2 amide bonds. The van der Waals surface area contributed by atoms with Crippen LogP contribution in [0.25, 0.3) is 16.9 Å².